The first kappa shape index (κ1) is 17.9. The SMILES string of the molecule is COc1ccccc1COC[C@@H](O)CN1CCC(c2ccn[nH]2)CC1. The summed E-state index contributed by atoms with van der Waals surface area (Å²) in [4.78, 5) is 2.31. The van der Waals surface area contributed by atoms with Crippen LogP contribution in [0.4, 0.5) is 0 Å². The summed E-state index contributed by atoms with van der Waals surface area (Å²) in [6.45, 7) is 3.42. The van der Waals surface area contributed by atoms with Gasteiger partial charge in [-0.3, -0.25) is 5.10 Å². The van der Waals surface area contributed by atoms with Gasteiger partial charge in [0.2, 0.25) is 0 Å². The highest BCUT2D eigenvalue weighted by Crippen LogP contribution is 2.26. The molecular weight excluding hydrogens is 318 g/mol. The molecule has 0 amide bonds. The van der Waals surface area contributed by atoms with Crippen molar-refractivity contribution < 1.29 is 14.6 Å². The van der Waals surface area contributed by atoms with Gasteiger partial charge in [-0.25, -0.2) is 0 Å². The monoisotopic (exact) mass is 345 g/mol. The van der Waals surface area contributed by atoms with Gasteiger partial charge in [0.05, 0.1) is 26.4 Å². The predicted molar refractivity (Wildman–Crippen MR) is 95.7 cm³/mol. The molecule has 1 saturated heterocycles. The number of hydrogen-bond donors (Lipinski definition) is 2. The summed E-state index contributed by atoms with van der Waals surface area (Å²) >= 11 is 0. The lowest BCUT2D eigenvalue weighted by atomic mass is 9.93. The molecule has 0 aliphatic carbocycles. The third-order valence-electron chi connectivity index (χ3n) is 4.78. The molecule has 1 fully saturated rings. The first-order chi connectivity index (χ1) is 12.3. The zero-order valence-electron chi connectivity index (χ0n) is 14.7. The predicted octanol–water partition coefficient (Wildman–Crippen LogP) is 2.18. The third-order valence-corrected chi connectivity index (χ3v) is 4.78. The highest BCUT2D eigenvalue weighted by Gasteiger charge is 2.22. The molecule has 2 aromatic rings. The normalized spacial score (nSPS) is 17.5. The van der Waals surface area contributed by atoms with E-state index in [0.717, 1.165) is 37.2 Å². The largest absolute Gasteiger partial charge is 0.496 e. The van der Waals surface area contributed by atoms with Crippen LogP contribution < -0.4 is 4.74 Å². The van der Waals surface area contributed by atoms with Crippen LogP contribution in [-0.2, 0) is 11.3 Å². The van der Waals surface area contributed by atoms with E-state index in [0.29, 0.717) is 25.7 Å². The smallest absolute Gasteiger partial charge is 0.124 e. The van der Waals surface area contributed by atoms with Crippen molar-refractivity contribution in [2.24, 2.45) is 0 Å². The number of benzene rings is 1. The van der Waals surface area contributed by atoms with Crippen molar-refractivity contribution in [3.8, 4) is 5.75 Å². The zero-order chi connectivity index (χ0) is 17.5. The molecule has 2 N–H and O–H groups in total. The van der Waals surface area contributed by atoms with Crippen LogP contribution in [0, 0.1) is 0 Å². The topological polar surface area (TPSA) is 70.6 Å². The maximum atomic E-state index is 10.2. The number of H-pyrrole nitrogens is 1. The second-order valence-electron chi connectivity index (χ2n) is 6.57. The second-order valence-corrected chi connectivity index (χ2v) is 6.57. The van der Waals surface area contributed by atoms with Crippen molar-refractivity contribution in [2.45, 2.75) is 31.5 Å². The summed E-state index contributed by atoms with van der Waals surface area (Å²) in [6.07, 6.45) is 3.52. The van der Waals surface area contributed by atoms with Gasteiger partial charge in [0.15, 0.2) is 0 Å². The number of aromatic nitrogens is 2. The van der Waals surface area contributed by atoms with Crippen LogP contribution in [0.5, 0.6) is 5.75 Å². The Morgan fingerprint density at radius 1 is 1.28 bits per heavy atom. The van der Waals surface area contributed by atoms with Crippen molar-refractivity contribution in [1.29, 1.82) is 0 Å². The Morgan fingerprint density at radius 2 is 2.08 bits per heavy atom. The Kier molecular flexibility index (Phi) is 6.44. The lowest BCUT2D eigenvalue weighted by Crippen LogP contribution is -2.39. The summed E-state index contributed by atoms with van der Waals surface area (Å²) in [5.41, 5.74) is 2.22. The van der Waals surface area contributed by atoms with Crippen LogP contribution in [0.15, 0.2) is 36.5 Å². The highest BCUT2D eigenvalue weighted by atomic mass is 16.5. The van der Waals surface area contributed by atoms with Crippen LogP contribution in [0.1, 0.15) is 30.0 Å². The molecule has 0 radical (unpaired) electrons. The Labute approximate surface area is 148 Å². The van der Waals surface area contributed by atoms with Crippen LogP contribution in [0.25, 0.3) is 0 Å². The van der Waals surface area contributed by atoms with Crippen LogP contribution in [-0.4, -0.2) is 59.7 Å². The average molecular weight is 345 g/mol. The molecule has 6 heteroatoms. The first-order valence-corrected chi connectivity index (χ1v) is 8.85. The molecule has 1 atom stereocenters. The van der Waals surface area contributed by atoms with Gasteiger partial charge in [-0.1, -0.05) is 18.2 Å². The van der Waals surface area contributed by atoms with Crippen molar-refractivity contribution >= 4 is 0 Å². The fourth-order valence-electron chi connectivity index (χ4n) is 3.40. The maximum Gasteiger partial charge on any atom is 0.124 e. The number of ether oxygens (including phenoxy) is 2. The Hall–Kier alpha value is -1.89. The lowest BCUT2D eigenvalue weighted by Gasteiger charge is -2.32. The number of rotatable bonds is 8. The van der Waals surface area contributed by atoms with Gasteiger partial charge in [-0.15, -0.1) is 0 Å². The molecule has 1 aliphatic rings. The van der Waals surface area contributed by atoms with Gasteiger partial charge in [0, 0.05) is 29.9 Å². The number of nitrogens with one attached hydrogen (secondary N) is 1. The van der Waals surface area contributed by atoms with Gasteiger partial charge in [0.1, 0.15) is 5.75 Å². The number of hydrogen-bond acceptors (Lipinski definition) is 5. The molecule has 136 valence electrons. The fraction of sp³-hybridized carbons (Fsp3) is 0.526. The summed E-state index contributed by atoms with van der Waals surface area (Å²) in [5, 5.41) is 17.3. The number of methoxy groups -OCH3 is 1. The minimum absolute atomic E-state index is 0.332. The number of nitrogens with zero attached hydrogens (tertiary/aromatic N) is 2. The Bertz CT molecular complexity index is 625. The molecule has 25 heavy (non-hydrogen) atoms. The summed E-state index contributed by atoms with van der Waals surface area (Å²) < 4.78 is 11.0. The second kappa shape index (κ2) is 8.99. The first-order valence-electron chi connectivity index (χ1n) is 8.85. The molecular formula is C19H27N3O3. The van der Waals surface area contributed by atoms with Crippen molar-refractivity contribution in [2.75, 3.05) is 33.4 Å². The lowest BCUT2D eigenvalue weighted by molar-refractivity contribution is 0.00570. The van der Waals surface area contributed by atoms with E-state index in [-0.39, 0.29) is 0 Å². The average Bonchev–Trinajstić information content (AvgIpc) is 3.17. The van der Waals surface area contributed by atoms with Crippen LogP contribution in [0.3, 0.4) is 0 Å². The minimum Gasteiger partial charge on any atom is -0.496 e. The molecule has 3 rings (SSSR count). The number of aromatic amines is 1. The summed E-state index contributed by atoms with van der Waals surface area (Å²) in [7, 11) is 1.65. The molecule has 2 heterocycles. The third kappa shape index (κ3) is 5.04. The van der Waals surface area contributed by atoms with E-state index < -0.39 is 6.10 Å². The molecule has 1 aliphatic heterocycles. The number of β-amino-alcohol motifs (C(OH)–C–C–N with tert-alkyl or cyclic N) is 1. The van der Waals surface area contributed by atoms with Gasteiger partial charge in [0.25, 0.3) is 0 Å². The van der Waals surface area contributed by atoms with Crippen LogP contribution >= 0.6 is 0 Å². The van der Waals surface area contributed by atoms with E-state index in [1.54, 1.807) is 7.11 Å². The van der Waals surface area contributed by atoms with Gasteiger partial charge >= 0.3 is 0 Å². The standard InChI is InChI=1S/C19H27N3O3/c1-24-19-5-3-2-4-16(19)13-25-14-17(23)12-22-10-7-15(8-11-22)18-6-9-20-21-18/h2-6,9,15,17,23H,7-8,10-14H2,1H3,(H,20,21)/t17-/m0/s1. The number of piperidine rings is 1. The van der Waals surface area contributed by atoms with Crippen molar-refractivity contribution in [1.82, 2.24) is 15.1 Å². The molecule has 6 nitrogen and oxygen atoms in total. The van der Waals surface area contributed by atoms with E-state index >= 15 is 0 Å². The molecule has 0 bridgehead atoms. The number of para-hydroxylation sites is 1. The van der Waals surface area contributed by atoms with Crippen LogP contribution in [0.2, 0.25) is 0 Å². The zero-order valence-corrected chi connectivity index (χ0v) is 14.7. The highest BCUT2D eigenvalue weighted by molar-refractivity contribution is 5.32. The number of aliphatic hydroxyl groups is 1. The molecule has 0 unspecified atom stereocenters. The van der Waals surface area contributed by atoms with E-state index in [2.05, 4.69) is 21.2 Å². The maximum absolute atomic E-state index is 10.2. The molecule has 1 aromatic carbocycles. The Morgan fingerprint density at radius 3 is 2.80 bits per heavy atom. The summed E-state index contributed by atoms with van der Waals surface area (Å²) in [6, 6.07) is 9.84. The van der Waals surface area contributed by atoms with Gasteiger partial charge in [-0.05, 0) is 38.1 Å². The van der Waals surface area contributed by atoms with E-state index in [4.69, 9.17) is 9.47 Å². The Balaban J connectivity index is 1.36. The summed E-state index contributed by atoms with van der Waals surface area (Å²) in [5.74, 6) is 1.37. The van der Waals surface area contributed by atoms with Crippen molar-refractivity contribution in [3.63, 3.8) is 0 Å². The molecule has 1 aromatic heterocycles. The van der Waals surface area contributed by atoms with Gasteiger partial charge in [-0.2, -0.15) is 5.10 Å². The fourth-order valence-corrected chi connectivity index (χ4v) is 3.40. The molecule has 0 saturated carbocycles. The number of likely N-dealkylation sites (tertiary alicyclic amines) is 1. The number of aliphatic hydroxyl groups excluding tert-OH is 1. The van der Waals surface area contributed by atoms with E-state index in [9.17, 15) is 5.11 Å². The van der Waals surface area contributed by atoms with E-state index in [1.165, 1.54) is 5.69 Å². The van der Waals surface area contributed by atoms with E-state index in [1.807, 2.05) is 30.5 Å². The quantitative estimate of drug-likeness (QED) is 0.767. The van der Waals surface area contributed by atoms with Crippen molar-refractivity contribution in [3.05, 3.63) is 47.8 Å². The molecule has 0 spiro atoms. The van der Waals surface area contributed by atoms with Gasteiger partial charge < -0.3 is 19.5 Å². The minimum atomic E-state index is -0.474.